The van der Waals surface area contributed by atoms with Crippen molar-refractivity contribution in [2.75, 3.05) is 0 Å². The van der Waals surface area contributed by atoms with Gasteiger partial charge < -0.3 is 0 Å². The fourth-order valence-corrected chi connectivity index (χ4v) is 1.89. The van der Waals surface area contributed by atoms with E-state index in [-0.39, 0.29) is 0 Å². The van der Waals surface area contributed by atoms with Crippen LogP contribution in [0.4, 0.5) is 0 Å². The second-order valence-corrected chi connectivity index (χ2v) is 4.47. The molecule has 0 atom stereocenters. The van der Waals surface area contributed by atoms with Gasteiger partial charge in [0.15, 0.2) is 0 Å². The van der Waals surface area contributed by atoms with Crippen molar-refractivity contribution >= 4 is 0 Å². The van der Waals surface area contributed by atoms with E-state index in [1.807, 2.05) is 6.92 Å². The molecule has 0 unspecified atom stereocenters. The topological polar surface area (TPSA) is 12.9 Å². The van der Waals surface area contributed by atoms with E-state index in [4.69, 9.17) is 0 Å². The average Bonchev–Trinajstić information content (AvgIpc) is 2.20. The van der Waals surface area contributed by atoms with Crippen molar-refractivity contribution < 1.29 is 0 Å². The fourth-order valence-electron chi connectivity index (χ4n) is 1.89. The number of hydrogen-bond acceptors (Lipinski definition) is 1. The van der Waals surface area contributed by atoms with Gasteiger partial charge in [-0.1, -0.05) is 12.1 Å². The molecule has 1 heterocycles. The summed E-state index contributed by atoms with van der Waals surface area (Å²) in [5.74, 6) is 0. The van der Waals surface area contributed by atoms with Gasteiger partial charge in [0.25, 0.3) is 0 Å². The zero-order valence-corrected chi connectivity index (χ0v) is 10.3. The highest BCUT2D eigenvalue weighted by Crippen LogP contribution is 2.21. The van der Waals surface area contributed by atoms with Crippen molar-refractivity contribution in [3.8, 4) is 11.3 Å². The Hall–Kier alpha value is -1.63. The zero-order valence-electron chi connectivity index (χ0n) is 10.3. The van der Waals surface area contributed by atoms with Gasteiger partial charge in [0, 0.05) is 11.3 Å². The number of benzene rings is 1. The number of pyridine rings is 1. The summed E-state index contributed by atoms with van der Waals surface area (Å²) in [6.07, 6.45) is 0. The molecule has 0 N–H and O–H groups in total. The molecular formula is C15H17N. The number of nitrogens with zero attached hydrogens (tertiary/aromatic N) is 1. The quantitative estimate of drug-likeness (QED) is 0.695. The van der Waals surface area contributed by atoms with Crippen LogP contribution >= 0.6 is 0 Å². The van der Waals surface area contributed by atoms with E-state index in [0.29, 0.717) is 0 Å². The van der Waals surface area contributed by atoms with E-state index in [2.05, 4.69) is 56.1 Å². The smallest absolute Gasteiger partial charge is 0.0707 e. The lowest BCUT2D eigenvalue weighted by Crippen LogP contribution is -1.90. The molecule has 0 amide bonds. The molecule has 16 heavy (non-hydrogen) atoms. The predicted octanol–water partition coefficient (Wildman–Crippen LogP) is 3.98. The first-order valence-corrected chi connectivity index (χ1v) is 5.59. The summed E-state index contributed by atoms with van der Waals surface area (Å²) in [5.41, 5.74) is 7.26. The van der Waals surface area contributed by atoms with E-state index < -0.39 is 0 Å². The standard InChI is InChI=1S/C15H17N/c1-10-7-13(4)16-15(8-10)14-6-5-11(2)12(3)9-14/h5-9H,1-4H3. The lowest BCUT2D eigenvalue weighted by atomic mass is 10.0. The Morgan fingerprint density at radius 3 is 2.19 bits per heavy atom. The third-order valence-corrected chi connectivity index (χ3v) is 2.90. The molecule has 0 saturated carbocycles. The maximum absolute atomic E-state index is 4.58. The molecule has 1 aromatic carbocycles. The first-order chi connectivity index (χ1) is 7.56. The Balaban J connectivity index is 2.54. The maximum atomic E-state index is 4.58. The molecule has 0 aliphatic carbocycles. The lowest BCUT2D eigenvalue weighted by molar-refractivity contribution is 1.18. The van der Waals surface area contributed by atoms with E-state index in [1.54, 1.807) is 0 Å². The summed E-state index contributed by atoms with van der Waals surface area (Å²) in [7, 11) is 0. The van der Waals surface area contributed by atoms with Gasteiger partial charge in [0.1, 0.15) is 0 Å². The summed E-state index contributed by atoms with van der Waals surface area (Å²) >= 11 is 0. The molecule has 0 spiro atoms. The third-order valence-electron chi connectivity index (χ3n) is 2.90. The lowest BCUT2D eigenvalue weighted by Gasteiger charge is -2.07. The molecule has 2 rings (SSSR count). The van der Waals surface area contributed by atoms with Crippen LogP contribution in [0, 0.1) is 27.7 Å². The minimum atomic E-state index is 1.07. The van der Waals surface area contributed by atoms with Gasteiger partial charge >= 0.3 is 0 Å². The maximum Gasteiger partial charge on any atom is 0.0707 e. The second-order valence-electron chi connectivity index (χ2n) is 4.47. The van der Waals surface area contributed by atoms with Gasteiger partial charge in [0.05, 0.1) is 5.69 Å². The number of hydrogen-bond donors (Lipinski definition) is 0. The molecule has 2 aromatic rings. The van der Waals surface area contributed by atoms with E-state index in [1.165, 1.54) is 22.3 Å². The Kier molecular flexibility index (Phi) is 2.78. The van der Waals surface area contributed by atoms with Crippen LogP contribution in [-0.4, -0.2) is 4.98 Å². The van der Waals surface area contributed by atoms with Gasteiger partial charge in [-0.05, 0) is 62.6 Å². The van der Waals surface area contributed by atoms with Crippen molar-refractivity contribution in [3.63, 3.8) is 0 Å². The Labute approximate surface area is 97.2 Å². The number of rotatable bonds is 1. The summed E-state index contributed by atoms with van der Waals surface area (Å²) in [4.78, 5) is 4.58. The van der Waals surface area contributed by atoms with E-state index in [9.17, 15) is 0 Å². The molecular weight excluding hydrogens is 194 g/mol. The zero-order chi connectivity index (χ0) is 11.7. The van der Waals surface area contributed by atoms with Crippen LogP contribution in [0.25, 0.3) is 11.3 Å². The highest BCUT2D eigenvalue weighted by Gasteiger charge is 2.02. The highest BCUT2D eigenvalue weighted by atomic mass is 14.7. The van der Waals surface area contributed by atoms with Crippen LogP contribution in [0.5, 0.6) is 0 Å². The molecule has 1 heteroatoms. The van der Waals surface area contributed by atoms with Gasteiger partial charge in [0.2, 0.25) is 0 Å². The molecule has 82 valence electrons. The average molecular weight is 211 g/mol. The van der Waals surface area contributed by atoms with Crippen LogP contribution in [0.3, 0.4) is 0 Å². The summed E-state index contributed by atoms with van der Waals surface area (Å²) in [5, 5.41) is 0. The van der Waals surface area contributed by atoms with Crippen molar-refractivity contribution in [1.29, 1.82) is 0 Å². The summed E-state index contributed by atoms with van der Waals surface area (Å²) < 4.78 is 0. The Morgan fingerprint density at radius 1 is 0.812 bits per heavy atom. The summed E-state index contributed by atoms with van der Waals surface area (Å²) in [6.45, 7) is 8.42. The van der Waals surface area contributed by atoms with Gasteiger partial charge in [-0.3, -0.25) is 4.98 Å². The molecule has 0 radical (unpaired) electrons. The van der Waals surface area contributed by atoms with Crippen molar-refractivity contribution in [2.45, 2.75) is 27.7 Å². The van der Waals surface area contributed by atoms with Gasteiger partial charge in [-0.25, -0.2) is 0 Å². The van der Waals surface area contributed by atoms with E-state index in [0.717, 1.165) is 11.4 Å². The molecule has 0 bridgehead atoms. The van der Waals surface area contributed by atoms with Crippen LogP contribution in [0.2, 0.25) is 0 Å². The Bertz CT molecular complexity index is 507. The largest absolute Gasteiger partial charge is 0.253 e. The molecule has 0 saturated heterocycles. The summed E-state index contributed by atoms with van der Waals surface area (Å²) in [6, 6.07) is 10.7. The SMILES string of the molecule is Cc1cc(C)nc(-c2ccc(C)c(C)c2)c1. The molecule has 0 aliphatic rings. The number of aryl methyl sites for hydroxylation is 4. The first kappa shape index (κ1) is 10.9. The monoisotopic (exact) mass is 211 g/mol. The predicted molar refractivity (Wildman–Crippen MR) is 68.6 cm³/mol. The minimum Gasteiger partial charge on any atom is -0.253 e. The third kappa shape index (κ3) is 2.13. The van der Waals surface area contributed by atoms with Gasteiger partial charge in [-0.15, -0.1) is 0 Å². The molecule has 0 aliphatic heterocycles. The van der Waals surface area contributed by atoms with Crippen molar-refractivity contribution in [3.05, 3.63) is 52.7 Å². The van der Waals surface area contributed by atoms with Crippen LogP contribution in [-0.2, 0) is 0 Å². The van der Waals surface area contributed by atoms with Crippen molar-refractivity contribution in [1.82, 2.24) is 4.98 Å². The van der Waals surface area contributed by atoms with Crippen LogP contribution in [0.15, 0.2) is 30.3 Å². The Morgan fingerprint density at radius 2 is 1.56 bits per heavy atom. The highest BCUT2D eigenvalue weighted by molar-refractivity contribution is 5.61. The van der Waals surface area contributed by atoms with Crippen LogP contribution in [0.1, 0.15) is 22.4 Å². The van der Waals surface area contributed by atoms with Crippen LogP contribution < -0.4 is 0 Å². The normalized spacial score (nSPS) is 10.5. The second kappa shape index (κ2) is 4.09. The van der Waals surface area contributed by atoms with Crippen molar-refractivity contribution in [2.24, 2.45) is 0 Å². The molecule has 0 fully saturated rings. The van der Waals surface area contributed by atoms with E-state index >= 15 is 0 Å². The van der Waals surface area contributed by atoms with Gasteiger partial charge in [-0.2, -0.15) is 0 Å². The first-order valence-electron chi connectivity index (χ1n) is 5.59. The molecule has 1 nitrogen and oxygen atoms in total. The minimum absolute atomic E-state index is 1.07. The molecule has 1 aromatic heterocycles. The number of aromatic nitrogens is 1. The fraction of sp³-hybridized carbons (Fsp3) is 0.267.